The third-order valence-corrected chi connectivity index (χ3v) is 8.39. The van der Waals surface area contributed by atoms with Crippen LogP contribution in [-0.2, 0) is 35.3 Å². The number of unbranched alkanes of at least 4 members (excludes halogenated alkanes) is 9. The molecule has 0 bridgehead atoms. The molecule has 10 nitrogen and oxygen atoms in total. The molecule has 0 spiro atoms. The van der Waals surface area contributed by atoms with E-state index < -0.39 is 59.9 Å². The topological polar surface area (TPSA) is 143 Å². The van der Waals surface area contributed by atoms with E-state index in [0.29, 0.717) is 6.42 Å². The lowest BCUT2D eigenvalue weighted by atomic mass is 9.95. The smallest absolute Gasteiger partial charge is 0.331 e. The highest BCUT2D eigenvalue weighted by molar-refractivity contribution is 5.94. The standard InChI is InChI=1S/C35H57N3O7/c1-6-7-8-9-10-11-12-13-14-18-21-29-25(4)32(40)37-30(24(2)3)33(41)38-31(26(5)39)34(42)36-28(35(43)45-29)23-44-22-27-19-16-15-17-20-27/h15-17,19-20,24-26,28-31,39H,6-14,18,21-23H2,1-5H3,(H,36,42)(H,37,40)(H,38,41)/t25-,26?,28-,29+,30-,31-/m0/s1. The summed E-state index contributed by atoms with van der Waals surface area (Å²) in [6, 6.07) is 5.87. The number of benzene rings is 1. The minimum absolute atomic E-state index is 0.194. The van der Waals surface area contributed by atoms with Crippen molar-refractivity contribution < 1.29 is 33.8 Å². The van der Waals surface area contributed by atoms with Crippen molar-refractivity contribution in [2.75, 3.05) is 6.61 Å². The first-order chi connectivity index (χ1) is 21.5. The van der Waals surface area contributed by atoms with Crippen LogP contribution in [0.25, 0.3) is 0 Å². The van der Waals surface area contributed by atoms with E-state index in [1.165, 1.54) is 45.4 Å². The molecule has 1 aliphatic heterocycles. The van der Waals surface area contributed by atoms with Gasteiger partial charge in [0.25, 0.3) is 0 Å². The molecule has 0 radical (unpaired) electrons. The summed E-state index contributed by atoms with van der Waals surface area (Å²) in [5, 5.41) is 18.4. The van der Waals surface area contributed by atoms with Crippen LogP contribution in [0.3, 0.4) is 0 Å². The summed E-state index contributed by atoms with van der Waals surface area (Å²) >= 11 is 0. The van der Waals surface area contributed by atoms with Crippen molar-refractivity contribution in [3.63, 3.8) is 0 Å². The number of aliphatic hydroxyl groups is 1. The number of aliphatic hydroxyl groups excluding tert-OH is 1. The zero-order valence-corrected chi connectivity index (χ0v) is 28.0. The van der Waals surface area contributed by atoms with Gasteiger partial charge in [-0.2, -0.15) is 0 Å². The van der Waals surface area contributed by atoms with Gasteiger partial charge in [0, 0.05) is 0 Å². The first-order valence-electron chi connectivity index (χ1n) is 17.0. The van der Waals surface area contributed by atoms with E-state index >= 15 is 0 Å². The molecule has 1 fully saturated rings. The molecule has 45 heavy (non-hydrogen) atoms. The van der Waals surface area contributed by atoms with Crippen molar-refractivity contribution in [1.29, 1.82) is 0 Å². The highest BCUT2D eigenvalue weighted by Crippen LogP contribution is 2.20. The average molecular weight is 632 g/mol. The first kappa shape index (κ1) is 38.2. The number of amides is 3. The van der Waals surface area contributed by atoms with Crippen LogP contribution in [0.2, 0.25) is 0 Å². The second-order valence-corrected chi connectivity index (χ2v) is 12.8. The van der Waals surface area contributed by atoms with Crippen molar-refractivity contribution in [2.24, 2.45) is 11.8 Å². The number of carbonyl (C=O) groups is 4. The number of hydrogen-bond donors (Lipinski definition) is 4. The quantitative estimate of drug-likeness (QED) is 0.146. The highest BCUT2D eigenvalue weighted by atomic mass is 16.5. The maximum absolute atomic E-state index is 13.6. The highest BCUT2D eigenvalue weighted by Gasteiger charge is 2.37. The Bertz CT molecular complexity index is 1030. The van der Waals surface area contributed by atoms with Crippen molar-refractivity contribution in [3.8, 4) is 0 Å². The third-order valence-electron chi connectivity index (χ3n) is 8.39. The van der Waals surface area contributed by atoms with Crippen LogP contribution in [0.15, 0.2) is 30.3 Å². The van der Waals surface area contributed by atoms with Crippen molar-refractivity contribution in [1.82, 2.24) is 16.0 Å². The SMILES string of the molecule is CCCCCCCCCCCC[C@H]1OC(=O)[C@H](COCc2ccccc2)NC(=O)[C@H](C(C)O)NC(=O)[C@H](C(C)C)NC(=O)[C@H]1C. The van der Waals surface area contributed by atoms with Crippen LogP contribution in [0, 0.1) is 11.8 Å². The maximum atomic E-state index is 13.6. The molecule has 10 heteroatoms. The van der Waals surface area contributed by atoms with Crippen LogP contribution in [0.5, 0.6) is 0 Å². The van der Waals surface area contributed by atoms with Crippen LogP contribution in [-0.4, -0.2) is 65.7 Å². The molecule has 0 saturated carbocycles. The van der Waals surface area contributed by atoms with E-state index in [1.807, 2.05) is 30.3 Å². The minimum atomic E-state index is -1.36. The number of ether oxygens (including phenoxy) is 2. The van der Waals surface area contributed by atoms with Gasteiger partial charge in [0.1, 0.15) is 18.2 Å². The van der Waals surface area contributed by atoms with Gasteiger partial charge in [0.15, 0.2) is 6.04 Å². The normalized spacial score (nSPS) is 24.0. The summed E-state index contributed by atoms with van der Waals surface area (Å²) < 4.78 is 11.7. The molecular formula is C35H57N3O7. The Hall–Kier alpha value is -2.98. The molecule has 254 valence electrons. The fourth-order valence-corrected chi connectivity index (χ4v) is 5.41. The van der Waals surface area contributed by atoms with Gasteiger partial charge in [-0.05, 0) is 31.2 Å². The molecule has 3 amide bonds. The Morgan fingerprint density at radius 1 is 0.778 bits per heavy atom. The minimum Gasteiger partial charge on any atom is -0.460 e. The Balaban J connectivity index is 2.19. The van der Waals surface area contributed by atoms with Gasteiger partial charge in [-0.1, -0.05) is 116 Å². The second-order valence-electron chi connectivity index (χ2n) is 12.8. The zero-order chi connectivity index (χ0) is 33.2. The monoisotopic (exact) mass is 631 g/mol. The Morgan fingerprint density at radius 2 is 1.33 bits per heavy atom. The molecule has 0 aliphatic carbocycles. The maximum Gasteiger partial charge on any atom is 0.331 e. The predicted octanol–water partition coefficient (Wildman–Crippen LogP) is 4.57. The van der Waals surface area contributed by atoms with E-state index in [0.717, 1.165) is 31.2 Å². The van der Waals surface area contributed by atoms with E-state index in [9.17, 15) is 24.3 Å². The van der Waals surface area contributed by atoms with Crippen molar-refractivity contribution in [2.45, 2.75) is 142 Å². The van der Waals surface area contributed by atoms with Crippen LogP contribution >= 0.6 is 0 Å². The van der Waals surface area contributed by atoms with E-state index in [4.69, 9.17) is 9.47 Å². The molecule has 6 atom stereocenters. The van der Waals surface area contributed by atoms with Gasteiger partial charge in [-0.25, -0.2) is 4.79 Å². The fourth-order valence-electron chi connectivity index (χ4n) is 5.41. The number of nitrogens with one attached hydrogen (secondary N) is 3. The lowest BCUT2D eigenvalue weighted by Crippen LogP contribution is -2.60. The molecule has 1 aromatic rings. The molecule has 1 saturated heterocycles. The Labute approximate surface area is 269 Å². The molecule has 1 aliphatic rings. The fraction of sp³-hybridized carbons (Fsp3) is 0.714. The van der Waals surface area contributed by atoms with Crippen molar-refractivity contribution >= 4 is 23.7 Å². The molecule has 1 unspecified atom stereocenters. The van der Waals surface area contributed by atoms with E-state index in [-0.39, 0.29) is 19.1 Å². The van der Waals surface area contributed by atoms with Gasteiger partial charge >= 0.3 is 5.97 Å². The van der Waals surface area contributed by atoms with Crippen LogP contribution in [0.4, 0.5) is 0 Å². The molecule has 0 aromatic heterocycles. The van der Waals surface area contributed by atoms with Crippen molar-refractivity contribution in [3.05, 3.63) is 35.9 Å². The van der Waals surface area contributed by atoms with Gasteiger partial charge in [0.05, 0.1) is 25.2 Å². The van der Waals surface area contributed by atoms with E-state index in [1.54, 1.807) is 20.8 Å². The summed E-state index contributed by atoms with van der Waals surface area (Å²) in [6.07, 6.45) is 9.92. The number of rotatable bonds is 17. The second kappa shape index (κ2) is 20.9. The molecule has 2 rings (SSSR count). The van der Waals surface area contributed by atoms with Gasteiger partial charge in [0.2, 0.25) is 17.7 Å². The van der Waals surface area contributed by atoms with Crippen LogP contribution < -0.4 is 16.0 Å². The average Bonchev–Trinajstić information content (AvgIpc) is 3.01. The largest absolute Gasteiger partial charge is 0.460 e. The van der Waals surface area contributed by atoms with Gasteiger partial charge in [-0.15, -0.1) is 0 Å². The first-order valence-corrected chi connectivity index (χ1v) is 17.0. The number of esters is 1. The summed E-state index contributed by atoms with van der Waals surface area (Å²) in [6.45, 7) is 8.85. The molecule has 4 N–H and O–H groups in total. The van der Waals surface area contributed by atoms with Gasteiger partial charge in [-0.3, -0.25) is 14.4 Å². The summed E-state index contributed by atoms with van der Waals surface area (Å²) in [5.74, 6) is -3.54. The summed E-state index contributed by atoms with van der Waals surface area (Å²) in [5.41, 5.74) is 0.889. The number of hydrogen-bond acceptors (Lipinski definition) is 7. The lowest BCUT2D eigenvalue weighted by molar-refractivity contribution is -0.159. The lowest BCUT2D eigenvalue weighted by Gasteiger charge is -2.28. The number of carbonyl (C=O) groups excluding carboxylic acids is 4. The Morgan fingerprint density at radius 3 is 1.91 bits per heavy atom. The summed E-state index contributed by atoms with van der Waals surface area (Å²) in [4.78, 5) is 53.6. The van der Waals surface area contributed by atoms with Gasteiger partial charge < -0.3 is 30.5 Å². The Kier molecular flexibility index (Phi) is 17.8. The van der Waals surface area contributed by atoms with Crippen LogP contribution in [0.1, 0.15) is 111 Å². The molecular weight excluding hydrogens is 574 g/mol. The molecule has 1 aromatic carbocycles. The zero-order valence-electron chi connectivity index (χ0n) is 28.0. The third kappa shape index (κ3) is 13.9. The predicted molar refractivity (Wildman–Crippen MR) is 174 cm³/mol. The molecule has 1 heterocycles. The summed E-state index contributed by atoms with van der Waals surface area (Å²) in [7, 11) is 0. The van der Waals surface area contributed by atoms with E-state index in [2.05, 4.69) is 22.9 Å². The number of cyclic esters (lactones) is 1.